The standard InChI is InChI=1S/C14H23Si.Ti/c1-11-9-12(10-15(2,3)4)14-8-6-5-7-13(11)14;/h12H,5-8,10H2,1-4H3;. The van der Waals surface area contributed by atoms with Crippen LogP contribution in [0.1, 0.15) is 32.6 Å². The average Bonchev–Trinajstić information content (AvgIpc) is 2.43. The molecule has 2 aliphatic carbocycles. The summed E-state index contributed by atoms with van der Waals surface area (Å²) in [6.45, 7) is 9.89. The normalized spacial score (nSPS) is 26.3. The van der Waals surface area contributed by atoms with Crippen LogP contribution in [0.4, 0.5) is 0 Å². The van der Waals surface area contributed by atoms with Gasteiger partial charge in [-0.15, -0.1) is 0 Å². The molecule has 0 N–H and O–H groups in total. The monoisotopic (exact) mass is 267 g/mol. The maximum atomic E-state index is 2.51. The molecule has 0 aromatic carbocycles. The molecule has 0 heterocycles. The molecular formula is C14H23SiTi. The minimum absolute atomic E-state index is 0.835. The quantitative estimate of drug-likeness (QED) is 0.639. The van der Waals surface area contributed by atoms with E-state index in [-0.39, 0.29) is 0 Å². The summed E-state index contributed by atoms with van der Waals surface area (Å²) < 4.78 is 1.70. The van der Waals surface area contributed by atoms with Gasteiger partial charge in [0.25, 0.3) is 0 Å². The predicted octanol–water partition coefficient (Wildman–Crippen LogP) is 4.65. The Hall–Kier alpha value is 0.411. The van der Waals surface area contributed by atoms with Crippen LogP contribution in [0.2, 0.25) is 25.7 Å². The van der Waals surface area contributed by atoms with Crippen molar-refractivity contribution in [2.45, 2.75) is 58.3 Å². The van der Waals surface area contributed by atoms with Crippen LogP contribution < -0.4 is 0 Å². The third kappa shape index (κ3) is 2.47. The van der Waals surface area contributed by atoms with Crippen molar-refractivity contribution in [1.82, 2.24) is 0 Å². The van der Waals surface area contributed by atoms with E-state index >= 15 is 0 Å². The summed E-state index contributed by atoms with van der Waals surface area (Å²) in [6.07, 6.45) is 5.60. The summed E-state index contributed by atoms with van der Waals surface area (Å²) in [6, 6.07) is 1.47. The summed E-state index contributed by atoms with van der Waals surface area (Å²) in [5, 5.41) is 0. The van der Waals surface area contributed by atoms with Crippen molar-refractivity contribution < 1.29 is 20.4 Å². The number of rotatable bonds is 2. The van der Waals surface area contributed by atoms with E-state index in [1.165, 1.54) is 31.7 Å². The number of hydrogen-bond acceptors (Lipinski definition) is 0. The second-order valence-electron chi connectivity index (χ2n) is 6.57. The van der Waals surface area contributed by atoms with Crippen molar-refractivity contribution in [1.29, 1.82) is 0 Å². The summed E-state index contributed by atoms with van der Waals surface area (Å²) in [7, 11) is -0.938. The van der Waals surface area contributed by atoms with Crippen LogP contribution in [0.15, 0.2) is 20.6 Å². The first-order valence-electron chi connectivity index (χ1n) is 6.55. The van der Waals surface area contributed by atoms with Gasteiger partial charge in [0.05, 0.1) is 0 Å². The van der Waals surface area contributed by atoms with Crippen LogP contribution in [0, 0.1) is 5.92 Å². The van der Waals surface area contributed by atoms with Gasteiger partial charge < -0.3 is 0 Å². The Morgan fingerprint density at radius 3 is 2.44 bits per heavy atom. The number of hydrogen-bond donors (Lipinski definition) is 0. The summed E-state index contributed by atoms with van der Waals surface area (Å²) in [5.41, 5.74) is 5.24. The Kier molecular flexibility index (Phi) is 3.69. The molecule has 0 amide bonds. The van der Waals surface area contributed by atoms with Crippen LogP contribution in [-0.2, 0) is 20.4 Å². The van der Waals surface area contributed by atoms with E-state index < -0.39 is 8.07 Å². The van der Waals surface area contributed by atoms with E-state index in [2.05, 4.69) is 47.0 Å². The van der Waals surface area contributed by atoms with E-state index in [0.717, 1.165) is 5.92 Å². The summed E-state index contributed by atoms with van der Waals surface area (Å²) in [4.78, 5) is 0. The molecule has 1 atom stereocenters. The van der Waals surface area contributed by atoms with E-state index in [0.29, 0.717) is 0 Å². The average molecular weight is 267 g/mol. The Labute approximate surface area is 113 Å². The van der Waals surface area contributed by atoms with Gasteiger partial charge in [-0.3, -0.25) is 0 Å². The van der Waals surface area contributed by atoms with Crippen molar-refractivity contribution in [2.24, 2.45) is 5.92 Å². The van der Waals surface area contributed by atoms with Gasteiger partial charge in [-0.25, -0.2) is 0 Å². The predicted molar refractivity (Wildman–Crippen MR) is 69.8 cm³/mol. The maximum absolute atomic E-state index is 2.51. The second-order valence-corrected chi connectivity index (χ2v) is 12.9. The molecule has 0 aromatic heterocycles. The van der Waals surface area contributed by atoms with Gasteiger partial charge in [-0.2, -0.15) is 0 Å². The molecule has 0 nitrogen and oxygen atoms in total. The van der Waals surface area contributed by atoms with Crippen LogP contribution in [0.25, 0.3) is 0 Å². The number of allylic oxidation sites excluding steroid dienone is 4. The van der Waals surface area contributed by atoms with E-state index in [9.17, 15) is 0 Å². The third-order valence-corrected chi connectivity index (χ3v) is 6.72. The second kappa shape index (κ2) is 4.59. The molecule has 1 unspecified atom stereocenters. The van der Waals surface area contributed by atoms with Gasteiger partial charge >= 0.3 is 113 Å². The van der Waals surface area contributed by atoms with Crippen molar-refractivity contribution >= 4 is 8.07 Å². The Bertz CT molecular complexity index is 357. The molecule has 0 aliphatic heterocycles. The van der Waals surface area contributed by atoms with E-state index in [1.807, 2.05) is 5.57 Å². The first-order chi connectivity index (χ1) is 7.40. The molecular weight excluding hydrogens is 244 g/mol. The summed E-state index contributed by atoms with van der Waals surface area (Å²) >= 11 is 2.39. The molecule has 2 aliphatic rings. The summed E-state index contributed by atoms with van der Waals surface area (Å²) in [5.74, 6) is 0.835. The molecule has 0 aromatic rings. The first-order valence-corrected chi connectivity index (χ1v) is 11.0. The molecule has 0 radical (unpaired) electrons. The zero-order valence-corrected chi connectivity index (χ0v) is 13.7. The Morgan fingerprint density at radius 1 is 1.19 bits per heavy atom. The molecule has 2 heteroatoms. The zero-order chi connectivity index (χ0) is 11.9. The van der Waals surface area contributed by atoms with Gasteiger partial charge in [0.2, 0.25) is 0 Å². The molecule has 87 valence electrons. The zero-order valence-electron chi connectivity index (χ0n) is 11.1. The van der Waals surface area contributed by atoms with Crippen LogP contribution >= 0.6 is 0 Å². The van der Waals surface area contributed by atoms with Crippen LogP contribution in [-0.4, -0.2) is 8.07 Å². The molecule has 0 saturated carbocycles. The van der Waals surface area contributed by atoms with Gasteiger partial charge in [-0.05, 0) is 0 Å². The third-order valence-electron chi connectivity index (χ3n) is 3.95. The van der Waals surface area contributed by atoms with Gasteiger partial charge in [-0.1, -0.05) is 0 Å². The Morgan fingerprint density at radius 2 is 1.81 bits per heavy atom. The fourth-order valence-corrected chi connectivity index (χ4v) is 5.84. The van der Waals surface area contributed by atoms with Crippen molar-refractivity contribution in [3.63, 3.8) is 0 Å². The minimum atomic E-state index is -0.938. The molecule has 2 rings (SSSR count). The Balaban J connectivity index is 2.28. The van der Waals surface area contributed by atoms with E-state index in [4.69, 9.17) is 0 Å². The first kappa shape index (κ1) is 12.9. The fraction of sp³-hybridized carbons (Fsp3) is 0.714. The van der Waals surface area contributed by atoms with Gasteiger partial charge in [0.1, 0.15) is 0 Å². The fourth-order valence-electron chi connectivity index (χ4n) is 3.18. The molecule has 0 spiro atoms. The molecule has 0 saturated heterocycles. The van der Waals surface area contributed by atoms with Gasteiger partial charge in [0, 0.05) is 0 Å². The SMILES string of the molecule is CC1=[C]([Ti])C(C[Si](C)(C)C)C2=C1CCCC2. The van der Waals surface area contributed by atoms with Crippen molar-refractivity contribution in [2.75, 3.05) is 0 Å². The molecule has 0 bridgehead atoms. The topological polar surface area (TPSA) is 0 Å². The van der Waals surface area contributed by atoms with E-state index in [1.54, 1.807) is 15.0 Å². The van der Waals surface area contributed by atoms with Crippen LogP contribution in [0.3, 0.4) is 0 Å². The molecule has 16 heavy (non-hydrogen) atoms. The van der Waals surface area contributed by atoms with Crippen molar-refractivity contribution in [3.8, 4) is 0 Å². The van der Waals surface area contributed by atoms with Crippen LogP contribution in [0.5, 0.6) is 0 Å². The van der Waals surface area contributed by atoms with Crippen molar-refractivity contribution in [3.05, 3.63) is 20.6 Å². The van der Waals surface area contributed by atoms with Gasteiger partial charge in [0.15, 0.2) is 0 Å². The molecule has 0 fully saturated rings.